The van der Waals surface area contributed by atoms with Gasteiger partial charge in [-0.25, -0.2) is 0 Å². The summed E-state index contributed by atoms with van der Waals surface area (Å²) < 4.78 is 5.68. The molecule has 112 valence electrons. The van der Waals surface area contributed by atoms with Gasteiger partial charge in [0.25, 0.3) is 11.8 Å². The van der Waals surface area contributed by atoms with Gasteiger partial charge in [0.1, 0.15) is 0 Å². The summed E-state index contributed by atoms with van der Waals surface area (Å²) in [7, 11) is 0. The highest BCUT2D eigenvalue weighted by molar-refractivity contribution is 6.16. The summed E-state index contributed by atoms with van der Waals surface area (Å²) in [4.78, 5) is 22.4. The first-order chi connectivity index (χ1) is 9.62. The van der Waals surface area contributed by atoms with Gasteiger partial charge in [-0.05, 0) is 37.0 Å². The lowest BCUT2D eigenvalue weighted by atomic mass is 9.73. The Morgan fingerprint density at radius 3 is 2.20 bits per heavy atom. The summed E-state index contributed by atoms with van der Waals surface area (Å²) >= 11 is 0. The van der Waals surface area contributed by atoms with Crippen LogP contribution in [0.15, 0.2) is 11.6 Å². The van der Waals surface area contributed by atoms with E-state index in [4.69, 9.17) is 4.74 Å². The monoisotopic (exact) mass is 279 g/mol. The van der Waals surface area contributed by atoms with Crippen LogP contribution in [0.5, 0.6) is 0 Å². The van der Waals surface area contributed by atoms with Crippen LogP contribution < -0.4 is 5.32 Å². The van der Waals surface area contributed by atoms with Crippen molar-refractivity contribution >= 4 is 11.8 Å². The smallest absolute Gasteiger partial charge is 0.256 e. The lowest BCUT2D eigenvalue weighted by Crippen LogP contribution is -2.26. The SMILES string of the molecule is CC[C@@H]1CC(COCC2=CC(=O)NC2=O)C[C@@H](CC)C1. The predicted molar refractivity (Wildman–Crippen MR) is 77.0 cm³/mol. The van der Waals surface area contributed by atoms with Gasteiger partial charge in [0.2, 0.25) is 0 Å². The van der Waals surface area contributed by atoms with Crippen LogP contribution in [0.2, 0.25) is 0 Å². The molecule has 1 N–H and O–H groups in total. The zero-order valence-corrected chi connectivity index (χ0v) is 12.5. The second-order valence-corrected chi connectivity index (χ2v) is 6.12. The van der Waals surface area contributed by atoms with Crippen molar-refractivity contribution in [3.63, 3.8) is 0 Å². The maximum Gasteiger partial charge on any atom is 0.256 e. The minimum atomic E-state index is -0.330. The van der Waals surface area contributed by atoms with Crippen LogP contribution in [0.1, 0.15) is 46.0 Å². The van der Waals surface area contributed by atoms with Crippen molar-refractivity contribution in [1.82, 2.24) is 5.32 Å². The molecular weight excluding hydrogens is 254 g/mol. The number of hydrogen-bond acceptors (Lipinski definition) is 3. The highest BCUT2D eigenvalue weighted by atomic mass is 16.5. The van der Waals surface area contributed by atoms with Crippen molar-refractivity contribution in [3.05, 3.63) is 11.6 Å². The zero-order valence-electron chi connectivity index (χ0n) is 12.5. The molecule has 0 bridgehead atoms. The molecule has 20 heavy (non-hydrogen) atoms. The molecule has 0 saturated heterocycles. The third-order valence-electron chi connectivity index (χ3n) is 4.60. The molecule has 2 atom stereocenters. The number of imide groups is 1. The van der Waals surface area contributed by atoms with Gasteiger partial charge in [-0.3, -0.25) is 14.9 Å². The van der Waals surface area contributed by atoms with Crippen molar-refractivity contribution in [1.29, 1.82) is 0 Å². The van der Waals surface area contributed by atoms with Crippen molar-refractivity contribution < 1.29 is 14.3 Å². The molecule has 1 aliphatic heterocycles. The van der Waals surface area contributed by atoms with Gasteiger partial charge < -0.3 is 4.74 Å². The molecule has 2 amide bonds. The van der Waals surface area contributed by atoms with Crippen LogP contribution in [0.25, 0.3) is 0 Å². The molecule has 0 unspecified atom stereocenters. The van der Waals surface area contributed by atoms with Gasteiger partial charge in [0.05, 0.1) is 6.61 Å². The fourth-order valence-corrected chi connectivity index (χ4v) is 3.40. The van der Waals surface area contributed by atoms with Gasteiger partial charge in [-0.15, -0.1) is 0 Å². The lowest BCUT2D eigenvalue weighted by molar-refractivity contribution is -0.124. The summed E-state index contributed by atoms with van der Waals surface area (Å²) in [6.45, 7) is 5.48. The molecular formula is C16H25NO3. The number of carbonyl (C=O) groups is 2. The average Bonchev–Trinajstić information content (AvgIpc) is 2.76. The first-order valence-corrected chi connectivity index (χ1v) is 7.75. The van der Waals surface area contributed by atoms with Crippen LogP contribution >= 0.6 is 0 Å². The van der Waals surface area contributed by atoms with Crippen LogP contribution in [0.3, 0.4) is 0 Å². The molecule has 4 nitrogen and oxygen atoms in total. The van der Waals surface area contributed by atoms with E-state index in [0.717, 1.165) is 11.8 Å². The Kier molecular flexibility index (Phi) is 5.35. The Morgan fingerprint density at radius 2 is 1.70 bits per heavy atom. The Balaban J connectivity index is 1.77. The minimum absolute atomic E-state index is 0.252. The number of hydrogen-bond donors (Lipinski definition) is 1. The maximum atomic E-state index is 11.4. The number of carbonyl (C=O) groups excluding carboxylic acids is 2. The van der Waals surface area contributed by atoms with E-state index in [1.165, 1.54) is 38.2 Å². The molecule has 0 spiro atoms. The van der Waals surface area contributed by atoms with Crippen LogP contribution in [0, 0.1) is 17.8 Å². The quantitative estimate of drug-likeness (QED) is 0.760. The van der Waals surface area contributed by atoms with Gasteiger partial charge in [0.15, 0.2) is 0 Å². The topological polar surface area (TPSA) is 55.4 Å². The Morgan fingerprint density at radius 1 is 1.10 bits per heavy atom. The Labute approximate surface area is 120 Å². The van der Waals surface area contributed by atoms with E-state index in [9.17, 15) is 9.59 Å². The molecule has 0 aromatic heterocycles. The van der Waals surface area contributed by atoms with E-state index in [0.29, 0.717) is 18.1 Å². The highest BCUT2D eigenvalue weighted by Gasteiger charge is 2.27. The molecule has 0 radical (unpaired) electrons. The van der Waals surface area contributed by atoms with Crippen molar-refractivity contribution in [2.24, 2.45) is 17.8 Å². The molecule has 1 fully saturated rings. The van der Waals surface area contributed by atoms with Crippen LogP contribution in [-0.2, 0) is 14.3 Å². The molecule has 2 aliphatic rings. The second kappa shape index (κ2) is 7.02. The van der Waals surface area contributed by atoms with Gasteiger partial charge in [0, 0.05) is 18.3 Å². The standard InChI is InChI=1S/C16H25NO3/c1-3-11-5-12(4-2)7-13(6-11)9-20-10-14-8-15(18)17-16(14)19/h8,11-13H,3-7,9-10H2,1-2H3,(H,17,18,19)/t11-,12-/m0/s1. The van der Waals surface area contributed by atoms with E-state index in [-0.39, 0.29) is 18.4 Å². The second-order valence-electron chi connectivity index (χ2n) is 6.12. The number of rotatable bonds is 6. The summed E-state index contributed by atoms with van der Waals surface area (Å²) in [6.07, 6.45) is 7.65. The largest absolute Gasteiger partial charge is 0.376 e. The van der Waals surface area contributed by atoms with E-state index in [1.807, 2.05) is 0 Å². The van der Waals surface area contributed by atoms with E-state index >= 15 is 0 Å². The fourth-order valence-electron chi connectivity index (χ4n) is 3.40. The summed E-state index contributed by atoms with van der Waals surface area (Å²) in [5, 5.41) is 2.24. The first kappa shape index (κ1) is 15.2. The van der Waals surface area contributed by atoms with Gasteiger partial charge in [-0.1, -0.05) is 26.7 Å². The van der Waals surface area contributed by atoms with Crippen LogP contribution in [-0.4, -0.2) is 25.0 Å². The normalized spacial score (nSPS) is 30.3. The average molecular weight is 279 g/mol. The van der Waals surface area contributed by atoms with Crippen molar-refractivity contribution in [3.8, 4) is 0 Å². The van der Waals surface area contributed by atoms with Crippen molar-refractivity contribution in [2.75, 3.05) is 13.2 Å². The van der Waals surface area contributed by atoms with Crippen molar-refractivity contribution in [2.45, 2.75) is 46.0 Å². The molecule has 0 aromatic rings. The van der Waals surface area contributed by atoms with Gasteiger partial charge >= 0.3 is 0 Å². The highest BCUT2D eigenvalue weighted by Crippen LogP contribution is 2.36. The molecule has 1 heterocycles. The Bertz CT molecular complexity index is 391. The van der Waals surface area contributed by atoms with E-state index in [1.54, 1.807) is 0 Å². The van der Waals surface area contributed by atoms with E-state index in [2.05, 4.69) is 19.2 Å². The summed E-state index contributed by atoms with van der Waals surface area (Å²) in [6, 6.07) is 0. The lowest BCUT2D eigenvalue weighted by Gasteiger charge is -2.34. The molecule has 1 aliphatic carbocycles. The third-order valence-corrected chi connectivity index (χ3v) is 4.60. The molecule has 2 rings (SSSR count). The summed E-state index contributed by atoms with van der Waals surface area (Å²) in [5.74, 6) is 1.59. The fraction of sp³-hybridized carbons (Fsp3) is 0.750. The molecule has 4 heteroatoms. The minimum Gasteiger partial charge on any atom is -0.376 e. The first-order valence-electron chi connectivity index (χ1n) is 7.75. The van der Waals surface area contributed by atoms with Crippen LogP contribution in [0.4, 0.5) is 0 Å². The van der Waals surface area contributed by atoms with Gasteiger partial charge in [-0.2, -0.15) is 0 Å². The summed E-state index contributed by atoms with van der Waals surface area (Å²) in [5.41, 5.74) is 0.449. The number of nitrogens with one attached hydrogen (secondary N) is 1. The zero-order chi connectivity index (χ0) is 14.5. The maximum absolute atomic E-state index is 11.4. The predicted octanol–water partition coefficient (Wildman–Crippen LogP) is 2.44. The Hall–Kier alpha value is -1.16. The number of amides is 2. The molecule has 0 aromatic carbocycles. The molecule has 1 saturated carbocycles. The van der Waals surface area contributed by atoms with E-state index < -0.39 is 0 Å². The third kappa shape index (κ3) is 3.92. The number of ether oxygens (including phenoxy) is 1.